The maximum atomic E-state index is 11.9. The molecule has 0 bridgehead atoms. The van der Waals surface area contributed by atoms with Gasteiger partial charge in [0.2, 0.25) is 0 Å². The van der Waals surface area contributed by atoms with Gasteiger partial charge in [-0.15, -0.1) is 13.2 Å². The highest BCUT2D eigenvalue weighted by Gasteiger charge is 2.32. The fourth-order valence-electron chi connectivity index (χ4n) is 0.831. The molecule has 7 heteroatoms. The van der Waals surface area contributed by atoms with Crippen molar-refractivity contribution < 1.29 is 17.9 Å². The van der Waals surface area contributed by atoms with Gasteiger partial charge in [-0.3, -0.25) is 0 Å². The van der Waals surface area contributed by atoms with Gasteiger partial charge in [-0.05, 0) is 28.7 Å². The molecule has 0 saturated carbocycles. The molecular weight excluding hydrogens is 312 g/mol. The highest BCUT2D eigenvalue weighted by molar-refractivity contribution is 14.1. The van der Waals surface area contributed by atoms with Crippen LogP contribution < -0.4 is 10.5 Å². The lowest BCUT2D eigenvalue weighted by Crippen LogP contribution is -2.19. The van der Waals surface area contributed by atoms with Crippen LogP contribution in [0.4, 0.5) is 13.2 Å². The Hall–Kier alpha value is -0.570. The van der Waals surface area contributed by atoms with Crippen LogP contribution in [0.2, 0.25) is 0 Å². The first-order valence-corrected chi connectivity index (χ1v) is 4.60. The molecule has 0 aliphatic heterocycles. The van der Waals surface area contributed by atoms with Gasteiger partial charge >= 0.3 is 6.36 Å². The van der Waals surface area contributed by atoms with Gasteiger partial charge in [-0.25, -0.2) is 4.98 Å². The normalized spacial score (nSPS) is 11.5. The van der Waals surface area contributed by atoms with Crippen LogP contribution in [0.15, 0.2) is 12.3 Å². The number of alkyl halides is 3. The van der Waals surface area contributed by atoms with Crippen LogP contribution in [-0.4, -0.2) is 11.3 Å². The average Bonchev–Trinajstić information content (AvgIpc) is 2.06. The number of nitrogens with zero attached hydrogens (tertiary/aromatic N) is 1. The maximum Gasteiger partial charge on any atom is 0.573 e. The summed E-state index contributed by atoms with van der Waals surface area (Å²) in [6.07, 6.45) is -3.70. The van der Waals surface area contributed by atoms with E-state index in [4.69, 9.17) is 5.73 Å². The van der Waals surface area contributed by atoms with Crippen molar-refractivity contribution in [2.75, 3.05) is 0 Å². The first-order chi connectivity index (χ1) is 6.42. The summed E-state index contributed by atoms with van der Waals surface area (Å²) in [7, 11) is 0. The first kappa shape index (κ1) is 11.5. The second-order valence-electron chi connectivity index (χ2n) is 2.37. The minimum Gasteiger partial charge on any atom is -0.404 e. The molecule has 14 heavy (non-hydrogen) atoms. The number of aromatic nitrogens is 1. The third kappa shape index (κ3) is 3.29. The van der Waals surface area contributed by atoms with Crippen LogP contribution in [0.1, 0.15) is 5.56 Å². The summed E-state index contributed by atoms with van der Waals surface area (Å²) in [5.74, 6) is -0.347. The predicted molar refractivity (Wildman–Crippen MR) is 51.5 cm³/mol. The van der Waals surface area contributed by atoms with E-state index in [1.807, 2.05) is 22.6 Å². The van der Waals surface area contributed by atoms with E-state index in [2.05, 4.69) is 9.72 Å². The largest absolute Gasteiger partial charge is 0.573 e. The van der Waals surface area contributed by atoms with Gasteiger partial charge in [0.15, 0.2) is 5.75 Å². The third-order valence-electron chi connectivity index (χ3n) is 1.36. The second kappa shape index (κ2) is 4.30. The molecule has 0 aromatic carbocycles. The second-order valence-corrected chi connectivity index (χ2v) is 3.47. The molecule has 1 aromatic heterocycles. The zero-order valence-corrected chi connectivity index (χ0v) is 8.96. The van der Waals surface area contributed by atoms with Crippen LogP contribution in [0, 0.1) is 3.70 Å². The summed E-state index contributed by atoms with van der Waals surface area (Å²) in [6.45, 7) is -0.0239. The molecule has 0 unspecified atom stereocenters. The zero-order chi connectivity index (χ0) is 10.8. The minimum absolute atomic E-state index is 0.0239. The van der Waals surface area contributed by atoms with Gasteiger partial charge < -0.3 is 10.5 Å². The Morgan fingerprint density at radius 1 is 1.50 bits per heavy atom. The Bertz CT molecular complexity index is 329. The van der Waals surface area contributed by atoms with E-state index in [1.165, 1.54) is 6.07 Å². The summed E-state index contributed by atoms with van der Waals surface area (Å²) in [5.41, 5.74) is 5.54. The van der Waals surface area contributed by atoms with Crippen molar-refractivity contribution in [3.63, 3.8) is 0 Å². The summed E-state index contributed by atoms with van der Waals surface area (Å²) < 4.78 is 39.9. The molecule has 1 heterocycles. The van der Waals surface area contributed by atoms with Gasteiger partial charge in [0.25, 0.3) is 0 Å². The van der Waals surface area contributed by atoms with Crippen molar-refractivity contribution in [2.45, 2.75) is 12.9 Å². The smallest absolute Gasteiger partial charge is 0.404 e. The lowest BCUT2D eigenvalue weighted by atomic mass is 10.2. The lowest BCUT2D eigenvalue weighted by molar-refractivity contribution is -0.275. The Balaban J connectivity index is 2.97. The first-order valence-electron chi connectivity index (χ1n) is 3.52. The summed E-state index contributed by atoms with van der Waals surface area (Å²) in [4.78, 5) is 3.68. The van der Waals surface area contributed by atoms with E-state index >= 15 is 0 Å². The van der Waals surface area contributed by atoms with Crippen molar-refractivity contribution in [2.24, 2.45) is 5.73 Å². The van der Waals surface area contributed by atoms with Gasteiger partial charge in [-0.1, -0.05) is 0 Å². The maximum absolute atomic E-state index is 11.9. The molecule has 0 atom stereocenters. The fourth-order valence-corrected chi connectivity index (χ4v) is 1.35. The molecule has 1 aromatic rings. The number of hydrogen-bond donors (Lipinski definition) is 1. The van der Waals surface area contributed by atoms with Crippen LogP contribution in [0.3, 0.4) is 0 Å². The third-order valence-corrected chi connectivity index (χ3v) is 1.95. The molecule has 2 N–H and O–H groups in total. The molecule has 78 valence electrons. The number of hydrogen-bond acceptors (Lipinski definition) is 3. The van der Waals surface area contributed by atoms with Gasteiger partial charge in [0, 0.05) is 12.1 Å². The van der Waals surface area contributed by atoms with E-state index in [1.54, 1.807) is 0 Å². The molecular formula is C7H6F3IN2O. The molecule has 0 amide bonds. The van der Waals surface area contributed by atoms with Crippen molar-refractivity contribution in [1.82, 2.24) is 4.98 Å². The monoisotopic (exact) mass is 318 g/mol. The van der Waals surface area contributed by atoms with Crippen molar-refractivity contribution in [3.8, 4) is 5.75 Å². The summed E-state index contributed by atoms with van der Waals surface area (Å²) in [6, 6.07) is 1.45. The summed E-state index contributed by atoms with van der Waals surface area (Å²) >= 11 is 1.88. The number of ether oxygens (including phenoxy) is 1. The van der Waals surface area contributed by atoms with Crippen LogP contribution in [0.5, 0.6) is 5.75 Å². The lowest BCUT2D eigenvalue weighted by Gasteiger charge is -2.11. The molecule has 1 rings (SSSR count). The Labute approximate surface area is 91.6 Å². The molecule has 3 nitrogen and oxygen atoms in total. The molecule has 0 aliphatic carbocycles. The number of pyridine rings is 1. The average molecular weight is 318 g/mol. The van der Waals surface area contributed by atoms with Crippen molar-refractivity contribution in [1.29, 1.82) is 0 Å². The highest BCUT2D eigenvalue weighted by Crippen LogP contribution is 2.26. The Morgan fingerprint density at radius 3 is 2.64 bits per heavy atom. The van der Waals surface area contributed by atoms with Crippen LogP contribution in [0.25, 0.3) is 0 Å². The van der Waals surface area contributed by atoms with E-state index in [0.717, 1.165) is 6.20 Å². The molecule has 0 fully saturated rings. The molecule has 0 radical (unpaired) electrons. The van der Waals surface area contributed by atoms with Crippen molar-refractivity contribution >= 4 is 22.6 Å². The summed E-state index contributed by atoms with van der Waals surface area (Å²) in [5, 5.41) is 0. The number of rotatable bonds is 2. The predicted octanol–water partition coefficient (Wildman–Crippen LogP) is 2.04. The number of nitrogens with two attached hydrogens (primary N) is 1. The quantitative estimate of drug-likeness (QED) is 0.671. The van der Waals surface area contributed by atoms with Gasteiger partial charge in [-0.2, -0.15) is 0 Å². The number of halogens is 4. The van der Waals surface area contributed by atoms with E-state index in [9.17, 15) is 13.2 Å². The Morgan fingerprint density at radius 2 is 2.14 bits per heavy atom. The minimum atomic E-state index is -4.71. The topological polar surface area (TPSA) is 48.1 Å². The van der Waals surface area contributed by atoms with Gasteiger partial charge in [0.05, 0.1) is 6.20 Å². The zero-order valence-electron chi connectivity index (χ0n) is 6.81. The van der Waals surface area contributed by atoms with Gasteiger partial charge in [0.1, 0.15) is 3.70 Å². The molecule has 0 saturated heterocycles. The molecule has 0 spiro atoms. The Kier molecular flexibility index (Phi) is 3.53. The standard InChI is InChI=1S/C7H6F3IN2O/c8-7(9,10)14-5-3-13-6(11)1-4(5)2-12/h1,3H,2,12H2. The van der Waals surface area contributed by atoms with E-state index in [0.29, 0.717) is 3.70 Å². The van der Waals surface area contributed by atoms with E-state index in [-0.39, 0.29) is 17.9 Å². The van der Waals surface area contributed by atoms with Crippen molar-refractivity contribution in [3.05, 3.63) is 21.5 Å². The SMILES string of the molecule is NCc1cc(I)ncc1OC(F)(F)F. The van der Waals surface area contributed by atoms with Crippen LogP contribution >= 0.6 is 22.6 Å². The van der Waals surface area contributed by atoms with Crippen LogP contribution in [-0.2, 0) is 6.54 Å². The fraction of sp³-hybridized carbons (Fsp3) is 0.286. The molecule has 0 aliphatic rings. The van der Waals surface area contributed by atoms with E-state index < -0.39 is 6.36 Å². The highest BCUT2D eigenvalue weighted by atomic mass is 127.